The molecule has 0 aromatic heterocycles. The van der Waals surface area contributed by atoms with E-state index in [0.29, 0.717) is 49.7 Å². The quantitative estimate of drug-likeness (QED) is 0.645. The molecule has 0 aliphatic carbocycles. The number of amides is 1. The van der Waals surface area contributed by atoms with Crippen LogP contribution in [0.1, 0.15) is 18.4 Å². The topological polar surface area (TPSA) is 75.7 Å². The van der Waals surface area contributed by atoms with E-state index < -0.39 is 10.0 Å². The van der Waals surface area contributed by atoms with Crippen molar-refractivity contribution in [1.82, 2.24) is 9.62 Å². The third-order valence-electron chi connectivity index (χ3n) is 4.87. The van der Waals surface area contributed by atoms with Gasteiger partial charge in [0.1, 0.15) is 12.4 Å². The molecule has 1 saturated heterocycles. The third-order valence-corrected chi connectivity index (χ3v) is 6.95. The van der Waals surface area contributed by atoms with Crippen LogP contribution in [0.4, 0.5) is 0 Å². The standard InChI is InChI=1S/C21H25ClN2O4S/c22-19-6-4-5-17(15-19)16-29(26,27)24-12-9-18(10-13-24)21(25)23-11-14-28-20-7-2-1-3-8-20/h1-8,15,18H,9-14,16H2,(H,23,25). The zero-order valence-electron chi connectivity index (χ0n) is 16.1. The van der Waals surface area contributed by atoms with Gasteiger partial charge in [0.2, 0.25) is 15.9 Å². The molecule has 3 rings (SSSR count). The third kappa shape index (κ3) is 6.45. The number of nitrogens with one attached hydrogen (secondary N) is 1. The average molecular weight is 437 g/mol. The van der Waals surface area contributed by atoms with Crippen molar-refractivity contribution in [3.8, 4) is 5.75 Å². The number of carbonyl (C=O) groups is 1. The summed E-state index contributed by atoms with van der Waals surface area (Å²) >= 11 is 5.94. The van der Waals surface area contributed by atoms with Crippen molar-refractivity contribution in [3.63, 3.8) is 0 Å². The lowest BCUT2D eigenvalue weighted by Gasteiger charge is -2.30. The van der Waals surface area contributed by atoms with Crippen molar-refractivity contribution in [2.24, 2.45) is 5.92 Å². The van der Waals surface area contributed by atoms with Crippen LogP contribution in [0.2, 0.25) is 5.02 Å². The largest absolute Gasteiger partial charge is 0.492 e. The SMILES string of the molecule is O=C(NCCOc1ccccc1)C1CCN(S(=O)(=O)Cc2cccc(Cl)c2)CC1. The van der Waals surface area contributed by atoms with E-state index in [1.807, 2.05) is 30.3 Å². The molecule has 1 aliphatic heterocycles. The molecule has 29 heavy (non-hydrogen) atoms. The van der Waals surface area contributed by atoms with Gasteiger partial charge in [0.25, 0.3) is 0 Å². The van der Waals surface area contributed by atoms with Crippen molar-refractivity contribution in [3.05, 3.63) is 65.2 Å². The molecule has 0 unspecified atom stereocenters. The molecule has 156 valence electrons. The first-order valence-electron chi connectivity index (χ1n) is 9.62. The predicted octanol–water partition coefficient (Wildman–Crippen LogP) is 3.08. The maximum absolute atomic E-state index is 12.7. The molecule has 1 amide bonds. The highest BCUT2D eigenvalue weighted by Gasteiger charge is 2.31. The Morgan fingerprint density at radius 2 is 1.83 bits per heavy atom. The van der Waals surface area contributed by atoms with Crippen LogP contribution >= 0.6 is 11.6 Å². The lowest BCUT2D eigenvalue weighted by Crippen LogP contribution is -2.43. The van der Waals surface area contributed by atoms with Crippen LogP contribution in [0.5, 0.6) is 5.75 Å². The van der Waals surface area contributed by atoms with E-state index in [1.54, 1.807) is 24.3 Å². The maximum atomic E-state index is 12.7. The van der Waals surface area contributed by atoms with Crippen LogP contribution in [0.15, 0.2) is 54.6 Å². The first-order chi connectivity index (χ1) is 13.9. The molecule has 8 heteroatoms. The van der Waals surface area contributed by atoms with E-state index in [0.717, 1.165) is 5.75 Å². The van der Waals surface area contributed by atoms with Gasteiger partial charge in [-0.05, 0) is 42.7 Å². The molecule has 6 nitrogen and oxygen atoms in total. The summed E-state index contributed by atoms with van der Waals surface area (Å²) < 4.78 is 32.3. The van der Waals surface area contributed by atoms with Gasteiger partial charge >= 0.3 is 0 Å². The van der Waals surface area contributed by atoms with Crippen molar-refractivity contribution < 1.29 is 17.9 Å². The van der Waals surface area contributed by atoms with E-state index >= 15 is 0 Å². The number of hydrogen-bond acceptors (Lipinski definition) is 4. The van der Waals surface area contributed by atoms with Gasteiger partial charge in [0.15, 0.2) is 0 Å². The number of rotatable bonds is 8. The zero-order chi connectivity index (χ0) is 20.7. The van der Waals surface area contributed by atoms with Gasteiger partial charge in [-0.25, -0.2) is 12.7 Å². The van der Waals surface area contributed by atoms with Crippen LogP contribution in [-0.2, 0) is 20.6 Å². The minimum Gasteiger partial charge on any atom is -0.492 e. The van der Waals surface area contributed by atoms with Gasteiger partial charge in [0.05, 0.1) is 12.3 Å². The lowest BCUT2D eigenvalue weighted by atomic mass is 9.97. The highest BCUT2D eigenvalue weighted by atomic mass is 35.5. The molecule has 0 radical (unpaired) electrons. The fourth-order valence-electron chi connectivity index (χ4n) is 3.33. The van der Waals surface area contributed by atoms with Crippen LogP contribution in [0, 0.1) is 5.92 Å². The first kappa shape index (κ1) is 21.6. The Balaban J connectivity index is 1.41. The molecule has 0 saturated carbocycles. The minimum atomic E-state index is -3.43. The second-order valence-corrected chi connectivity index (χ2v) is 9.42. The Hall–Kier alpha value is -2.09. The van der Waals surface area contributed by atoms with Crippen molar-refractivity contribution >= 4 is 27.5 Å². The first-order valence-corrected chi connectivity index (χ1v) is 11.6. The van der Waals surface area contributed by atoms with Crippen LogP contribution in [-0.4, -0.2) is 44.9 Å². The number of carbonyl (C=O) groups excluding carboxylic acids is 1. The summed E-state index contributed by atoms with van der Waals surface area (Å²) in [5.74, 6) is 0.458. The lowest BCUT2D eigenvalue weighted by molar-refractivity contribution is -0.126. The number of hydrogen-bond donors (Lipinski definition) is 1. The predicted molar refractivity (Wildman–Crippen MR) is 113 cm³/mol. The van der Waals surface area contributed by atoms with Gasteiger partial charge < -0.3 is 10.1 Å². The monoisotopic (exact) mass is 436 g/mol. The second kappa shape index (κ2) is 10.1. The summed E-state index contributed by atoms with van der Waals surface area (Å²) in [6, 6.07) is 16.3. The van der Waals surface area contributed by atoms with Gasteiger partial charge in [-0.15, -0.1) is 0 Å². The molecule has 0 spiro atoms. The van der Waals surface area contributed by atoms with Gasteiger partial charge in [0, 0.05) is 24.0 Å². The highest BCUT2D eigenvalue weighted by molar-refractivity contribution is 7.88. The fourth-order valence-corrected chi connectivity index (χ4v) is 5.09. The number of piperidine rings is 1. The Bertz CT molecular complexity index is 913. The molecule has 2 aromatic carbocycles. The average Bonchev–Trinajstić information content (AvgIpc) is 2.71. The number of sulfonamides is 1. The molecular weight excluding hydrogens is 412 g/mol. The summed E-state index contributed by atoms with van der Waals surface area (Å²) in [5, 5.41) is 3.39. The number of para-hydroxylation sites is 1. The Morgan fingerprint density at radius 3 is 2.52 bits per heavy atom. The molecule has 1 aliphatic rings. The molecule has 0 bridgehead atoms. The van der Waals surface area contributed by atoms with Crippen molar-refractivity contribution in [1.29, 1.82) is 0 Å². The van der Waals surface area contributed by atoms with Crippen LogP contribution < -0.4 is 10.1 Å². The van der Waals surface area contributed by atoms with E-state index in [2.05, 4.69) is 5.32 Å². The Kier molecular flexibility index (Phi) is 7.52. The molecule has 1 fully saturated rings. The fraction of sp³-hybridized carbons (Fsp3) is 0.381. The van der Waals surface area contributed by atoms with Crippen LogP contribution in [0.3, 0.4) is 0 Å². The number of nitrogens with zero attached hydrogens (tertiary/aromatic N) is 1. The number of halogens is 1. The summed E-state index contributed by atoms with van der Waals surface area (Å²) in [4.78, 5) is 12.3. The zero-order valence-corrected chi connectivity index (χ0v) is 17.7. The molecule has 1 heterocycles. The van der Waals surface area contributed by atoms with Crippen molar-refractivity contribution in [2.45, 2.75) is 18.6 Å². The van der Waals surface area contributed by atoms with Gasteiger partial charge in [-0.3, -0.25) is 4.79 Å². The maximum Gasteiger partial charge on any atom is 0.223 e. The van der Waals surface area contributed by atoms with Gasteiger partial charge in [-0.2, -0.15) is 0 Å². The van der Waals surface area contributed by atoms with E-state index in [-0.39, 0.29) is 17.6 Å². The second-order valence-electron chi connectivity index (χ2n) is 7.01. The smallest absolute Gasteiger partial charge is 0.223 e. The molecular formula is C21H25ClN2O4S. The van der Waals surface area contributed by atoms with Crippen molar-refractivity contribution in [2.75, 3.05) is 26.2 Å². The summed E-state index contributed by atoms with van der Waals surface area (Å²) in [5.41, 5.74) is 0.663. The summed E-state index contributed by atoms with van der Waals surface area (Å²) in [6.45, 7) is 1.51. The Morgan fingerprint density at radius 1 is 1.10 bits per heavy atom. The Labute approximate surface area is 176 Å². The molecule has 2 aromatic rings. The number of ether oxygens (including phenoxy) is 1. The van der Waals surface area contributed by atoms with E-state index in [4.69, 9.17) is 16.3 Å². The van der Waals surface area contributed by atoms with E-state index in [1.165, 1.54) is 4.31 Å². The minimum absolute atomic E-state index is 0.0476. The highest BCUT2D eigenvalue weighted by Crippen LogP contribution is 2.22. The van der Waals surface area contributed by atoms with E-state index in [9.17, 15) is 13.2 Å². The molecule has 0 atom stereocenters. The summed E-state index contributed by atoms with van der Waals surface area (Å²) in [7, 11) is -3.43. The van der Waals surface area contributed by atoms with Gasteiger partial charge in [-0.1, -0.05) is 41.9 Å². The molecule has 1 N–H and O–H groups in total. The normalized spacial score (nSPS) is 15.8. The number of benzene rings is 2. The van der Waals surface area contributed by atoms with Crippen LogP contribution in [0.25, 0.3) is 0 Å². The summed E-state index contributed by atoms with van der Waals surface area (Å²) in [6.07, 6.45) is 1.03.